The highest BCUT2D eigenvalue weighted by molar-refractivity contribution is 5.12. The predicted octanol–water partition coefficient (Wildman–Crippen LogP) is 0.385. The molecule has 2 aliphatic rings. The van der Waals surface area contributed by atoms with Crippen LogP contribution in [0, 0.1) is 5.41 Å². The Balaban J connectivity index is 2.13. The fraction of sp³-hybridized carbons (Fsp3) is 1.00. The Hall–Kier alpha value is -0.0800. The monoisotopic (exact) mass is 127 g/mol. The van der Waals surface area contributed by atoms with Crippen LogP contribution in [0.3, 0.4) is 0 Å². The van der Waals surface area contributed by atoms with Crippen LogP contribution in [0.25, 0.3) is 0 Å². The third kappa shape index (κ3) is 0.485. The molecule has 0 bridgehead atoms. The van der Waals surface area contributed by atoms with Crippen molar-refractivity contribution in [1.29, 1.82) is 0 Å². The minimum absolute atomic E-state index is 0.339. The van der Waals surface area contributed by atoms with Gasteiger partial charge in [-0.25, -0.2) is 0 Å². The topological polar surface area (TPSA) is 21.3 Å². The van der Waals surface area contributed by atoms with E-state index in [2.05, 4.69) is 19.2 Å². The van der Waals surface area contributed by atoms with Crippen LogP contribution in [-0.4, -0.2) is 25.3 Å². The molecule has 52 valence electrons. The van der Waals surface area contributed by atoms with E-state index in [1.165, 1.54) is 0 Å². The number of nitrogens with one attached hydrogen (secondary N) is 1. The Bertz CT molecular complexity index is 132. The van der Waals surface area contributed by atoms with E-state index in [4.69, 9.17) is 4.74 Å². The highest BCUT2D eigenvalue weighted by Gasteiger charge is 2.57. The summed E-state index contributed by atoms with van der Waals surface area (Å²) < 4.78 is 5.18. The lowest BCUT2D eigenvalue weighted by Gasteiger charge is -2.61. The van der Waals surface area contributed by atoms with Crippen LogP contribution in [0.1, 0.15) is 13.8 Å². The van der Waals surface area contributed by atoms with E-state index in [0.717, 1.165) is 19.8 Å². The van der Waals surface area contributed by atoms with E-state index in [1.54, 1.807) is 0 Å². The van der Waals surface area contributed by atoms with Gasteiger partial charge in [0.05, 0.1) is 13.2 Å². The standard InChI is InChI=1S/C7H13NO/c1-6(2)7(3-8-6)4-9-5-7/h8H,3-5H2,1-2H3. The molecule has 9 heavy (non-hydrogen) atoms. The molecule has 2 heterocycles. The van der Waals surface area contributed by atoms with Gasteiger partial charge in [-0.3, -0.25) is 0 Å². The first-order valence-electron chi connectivity index (χ1n) is 3.49. The van der Waals surface area contributed by atoms with E-state index in [1.807, 2.05) is 0 Å². The van der Waals surface area contributed by atoms with Gasteiger partial charge in [0.1, 0.15) is 0 Å². The summed E-state index contributed by atoms with van der Waals surface area (Å²) in [6, 6.07) is 0. The van der Waals surface area contributed by atoms with Gasteiger partial charge >= 0.3 is 0 Å². The van der Waals surface area contributed by atoms with Gasteiger partial charge in [-0.2, -0.15) is 0 Å². The van der Waals surface area contributed by atoms with Crippen LogP contribution in [0.4, 0.5) is 0 Å². The summed E-state index contributed by atoms with van der Waals surface area (Å²) in [6.07, 6.45) is 0. The molecule has 2 nitrogen and oxygen atoms in total. The van der Waals surface area contributed by atoms with Crippen molar-refractivity contribution in [3.05, 3.63) is 0 Å². The van der Waals surface area contributed by atoms with Gasteiger partial charge < -0.3 is 10.1 Å². The van der Waals surface area contributed by atoms with Gasteiger partial charge in [0.25, 0.3) is 0 Å². The molecule has 2 saturated heterocycles. The molecule has 2 aliphatic heterocycles. The maximum atomic E-state index is 5.18. The van der Waals surface area contributed by atoms with Gasteiger partial charge in [-0.15, -0.1) is 0 Å². The molecule has 0 aromatic rings. The van der Waals surface area contributed by atoms with Gasteiger partial charge in [-0.05, 0) is 13.8 Å². The van der Waals surface area contributed by atoms with Crippen LogP contribution in [0.15, 0.2) is 0 Å². The highest BCUT2D eigenvalue weighted by Crippen LogP contribution is 2.44. The molecule has 1 N–H and O–H groups in total. The average Bonchev–Trinajstić information content (AvgIpc) is 1.59. The number of hydrogen-bond acceptors (Lipinski definition) is 2. The Morgan fingerprint density at radius 1 is 1.33 bits per heavy atom. The molecule has 0 unspecified atom stereocenters. The fourth-order valence-electron chi connectivity index (χ4n) is 1.50. The molecule has 0 atom stereocenters. The zero-order chi connectivity index (χ0) is 6.54. The van der Waals surface area contributed by atoms with Crippen molar-refractivity contribution in [1.82, 2.24) is 5.32 Å². The van der Waals surface area contributed by atoms with Gasteiger partial charge in [0.15, 0.2) is 0 Å². The lowest BCUT2D eigenvalue weighted by Crippen LogP contribution is -2.77. The normalized spacial score (nSPS) is 35.3. The third-order valence-electron chi connectivity index (χ3n) is 2.95. The van der Waals surface area contributed by atoms with Crippen molar-refractivity contribution in [2.24, 2.45) is 5.41 Å². The second-order valence-corrected chi connectivity index (χ2v) is 3.75. The molecular weight excluding hydrogens is 114 g/mol. The minimum atomic E-state index is 0.339. The smallest absolute Gasteiger partial charge is 0.0574 e. The van der Waals surface area contributed by atoms with E-state index in [-0.39, 0.29) is 0 Å². The van der Waals surface area contributed by atoms with Gasteiger partial charge in [-0.1, -0.05) is 0 Å². The first kappa shape index (κ1) is 5.69. The minimum Gasteiger partial charge on any atom is -0.380 e. The molecule has 2 rings (SSSR count). The van der Waals surface area contributed by atoms with Crippen molar-refractivity contribution < 1.29 is 4.74 Å². The van der Waals surface area contributed by atoms with Crippen LogP contribution in [0.5, 0.6) is 0 Å². The summed E-state index contributed by atoms with van der Waals surface area (Å²) in [6.45, 7) is 7.58. The van der Waals surface area contributed by atoms with Crippen LogP contribution in [-0.2, 0) is 4.74 Å². The van der Waals surface area contributed by atoms with E-state index < -0.39 is 0 Å². The van der Waals surface area contributed by atoms with E-state index in [0.29, 0.717) is 11.0 Å². The van der Waals surface area contributed by atoms with Crippen LogP contribution in [0.2, 0.25) is 0 Å². The van der Waals surface area contributed by atoms with Crippen LogP contribution < -0.4 is 5.32 Å². The van der Waals surface area contributed by atoms with Gasteiger partial charge in [0, 0.05) is 17.5 Å². The molecule has 1 spiro atoms. The third-order valence-corrected chi connectivity index (χ3v) is 2.95. The summed E-state index contributed by atoms with van der Waals surface area (Å²) in [5.41, 5.74) is 0.845. The quantitative estimate of drug-likeness (QED) is 0.508. The summed E-state index contributed by atoms with van der Waals surface area (Å²) in [7, 11) is 0. The molecule has 0 aromatic carbocycles. The number of ether oxygens (including phenoxy) is 1. The Labute approximate surface area is 55.6 Å². The number of hydrogen-bond donors (Lipinski definition) is 1. The SMILES string of the molecule is CC1(C)NCC12COC2. The molecule has 0 radical (unpaired) electrons. The van der Waals surface area contributed by atoms with Crippen molar-refractivity contribution in [3.63, 3.8) is 0 Å². The number of rotatable bonds is 0. The summed E-state index contributed by atoms with van der Waals surface area (Å²) in [5, 5.41) is 3.40. The Morgan fingerprint density at radius 3 is 2.00 bits per heavy atom. The van der Waals surface area contributed by atoms with E-state index >= 15 is 0 Å². The average molecular weight is 127 g/mol. The largest absolute Gasteiger partial charge is 0.380 e. The van der Waals surface area contributed by atoms with Crippen molar-refractivity contribution in [3.8, 4) is 0 Å². The van der Waals surface area contributed by atoms with Crippen molar-refractivity contribution in [2.45, 2.75) is 19.4 Å². The maximum absolute atomic E-state index is 5.18. The molecule has 2 fully saturated rings. The zero-order valence-electron chi connectivity index (χ0n) is 6.03. The Morgan fingerprint density at radius 2 is 2.00 bits per heavy atom. The lowest BCUT2D eigenvalue weighted by molar-refractivity contribution is -0.197. The fourth-order valence-corrected chi connectivity index (χ4v) is 1.50. The highest BCUT2D eigenvalue weighted by atomic mass is 16.5. The van der Waals surface area contributed by atoms with E-state index in [9.17, 15) is 0 Å². The van der Waals surface area contributed by atoms with Crippen molar-refractivity contribution >= 4 is 0 Å². The first-order valence-corrected chi connectivity index (χ1v) is 3.49. The summed E-state index contributed by atoms with van der Waals surface area (Å²) in [5.74, 6) is 0. The molecule has 0 aromatic heterocycles. The first-order chi connectivity index (χ1) is 4.16. The molecule has 0 saturated carbocycles. The van der Waals surface area contributed by atoms with Crippen LogP contribution >= 0.6 is 0 Å². The second-order valence-electron chi connectivity index (χ2n) is 3.75. The molecular formula is C7H13NO. The maximum Gasteiger partial charge on any atom is 0.0574 e. The predicted molar refractivity (Wildman–Crippen MR) is 35.3 cm³/mol. The van der Waals surface area contributed by atoms with Gasteiger partial charge in [0.2, 0.25) is 0 Å². The second kappa shape index (κ2) is 1.32. The molecule has 0 aliphatic carbocycles. The molecule has 0 amide bonds. The summed E-state index contributed by atoms with van der Waals surface area (Å²) >= 11 is 0. The van der Waals surface area contributed by atoms with Crippen molar-refractivity contribution in [2.75, 3.05) is 19.8 Å². The molecule has 2 heteroatoms. The summed E-state index contributed by atoms with van der Waals surface area (Å²) in [4.78, 5) is 0. The Kier molecular flexibility index (Phi) is 0.837. The zero-order valence-corrected chi connectivity index (χ0v) is 6.03. The lowest BCUT2D eigenvalue weighted by atomic mass is 9.63.